The summed E-state index contributed by atoms with van der Waals surface area (Å²) in [6.07, 6.45) is 5.73. The molecule has 0 heterocycles. The average Bonchev–Trinajstić information content (AvgIpc) is 3.15. The highest BCUT2D eigenvalue weighted by Gasteiger charge is 2.51. The lowest BCUT2D eigenvalue weighted by Crippen LogP contribution is -2.36. The Hall–Kier alpha value is -2.10. The molecular weight excluding hydrogens is 290 g/mol. The maximum absolute atomic E-state index is 12.8. The Morgan fingerprint density at radius 2 is 1.87 bits per heavy atom. The second-order valence-corrected chi connectivity index (χ2v) is 6.72. The van der Waals surface area contributed by atoms with Gasteiger partial charge in [-0.2, -0.15) is 0 Å². The predicted molar refractivity (Wildman–Crippen MR) is 89.1 cm³/mol. The number of hydrogen-bond acceptors (Lipinski definition) is 2. The predicted octanol–water partition coefficient (Wildman–Crippen LogP) is 3.66. The Bertz CT molecular complexity index is 652. The van der Waals surface area contributed by atoms with Gasteiger partial charge in [0.2, 0.25) is 5.91 Å². The fraction of sp³-hybridized carbons (Fsp3) is 0.474. The van der Waals surface area contributed by atoms with Crippen molar-refractivity contribution in [3.05, 3.63) is 42.0 Å². The second-order valence-electron chi connectivity index (χ2n) is 6.72. The van der Waals surface area contributed by atoms with Crippen LogP contribution in [0.1, 0.15) is 38.2 Å². The zero-order chi connectivity index (χ0) is 16.6. The minimum atomic E-state index is -0.864. The standard InChI is InChI=1S/C19H23NO3/c1-3-11(2)14-6-4-5-7-15(14)20-18(21)16-12-8-9-13(10-12)17(16)19(22)23/h4-9,11-13,16-17H,3,10H2,1-2H3,(H,20,21)(H,22,23)/t11-,12-,13-,16+,17+/m0/s1. The first-order chi connectivity index (χ1) is 11.0. The third-order valence-corrected chi connectivity index (χ3v) is 5.41. The molecule has 0 spiro atoms. The number of hydrogen-bond donors (Lipinski definition) is 2. The van der Waals surface area contributed by atoms with Crippen LogP contribution in [0.2, 0.25) is 0 Å². The van der Waals surface area contributed by atoms with Gasteiger partial charge >= 0.3 is 5.97 Å². The number of carboxylic acid groups (broad SMARTS) is 1. The molecule has 2 aliphatic rings. The van der Waals surface area contributed by atoms with Crippen molar-refractivity contribution in [2.75, 3.05) is 5.32 Å². The zero-order valence-corrected chi connectivity index (χ0v) is 13.5. The number of aliphatic carboxylic acids is 1. The molecule has 5 atom stereocenters. The molecule has 4 nitrogen and oxygen atoms in total. The summed E-state index contributed by atoms with van der Waals surface area (Å²) in [4.78, 5) is 24.3. The molecule has 0 aromatic heterocycles. The van der Waals surface area contributed by atoms with Crippen molar-refractivity contribution < 1.29 is 14.7 Å². The minimum Gasteiger partial charge on any atom is -0.481 e. The van der Waals surface area contributed by atoms with Crippen LogP contribution in [-0.4, -0.2) is 17.0 Å². The van der Waals surface area contributed by atoms with E-state index in [0.29, 0.717) is 5.92 Å². The SMILES string of the molecule is CC[C@H](C)c1ccccc1NC(=O)[C@H]1[C@H](C(=O)O)[C@H]2C=C[C@H]1C2. The van der Waals surface area contributed by atoms with E-state index >= 15 is 0 Å². The maximum Gasteiger partial charge on any atom is 0.307 e. The lowest BCUT2D eigenvalue weighted by molar-refractivity contribution is -0.146. The van der Waals surface area contributed by atoms with Crippen LogP contribution in [-0.2, 0) is 9.59 Å². The molecular formula is C19H23NO3. The summed E-state index contributed by atoms with van der Waals surface area (Å²) in [7, 11) is 0. The third kappa shape index (κ3) is 2.78. The Kier molecular flexibility index (Phi) is 4.24. The van der Waals surface area contributed by atoms with E-state index in [9.17, 15) is 14.7 Å². The van der Waals surface area contributed by atoms with E-state index in [-0.39, 0.29) is 17.7 Å². The lowest BCUT2D eigenvalue weighted by atomic mass is 9.82. The molecule has 4 heteroatoms. The molecule has 0 radical (unpaired) electrons. The van der Waals surface area contributed by atoms with Crippen LogP contribution in [0.4, 0.5) is 5.69 Å². The minimum absolute atomic E-state index is 0.00180. The lowest BCUT2D eigenvalue weighted by Gasteiger charge is -2.25. The van der Waals surface area contributed by atoms with Crippen molar-refractivity contribution in [1.29, 1.82) is 0 Å². The largest absolute Gasteiger partial charge is 0.481 e. The van der Waals surface area contributed by atoms with Gasteiger partial charge in [0.15, 0.2) is 0 Å². The van der Waals surface area contributed by atoms with Crippen molar-refractivity contribution in [3.63, 3.8) is 0 Å². The quantitative estimate of drug-likeness (QED) is 0.815. The summed E-state index contributed by atoms with van der Waals surface area (Å²) < 4.78 is 0. The number of carbonyl (C=O) groups excluding carboxylic acids is 1. The normalized spacial score (nSPS) is 29.5. The van der Waals surface area contributed by atoms with Crippen LogP contribution in [0, 0.1) is 23.7 Å². The van der Waals surface area contributed by atoms with E-state index in [2.05, 4.69) is 19.2 Å². The molecule has 0 aliphatic heterocycles. The number of allylic oxidation sites excluding steroid dienone is 2. The monoisotopic (exact) mass is 313 g/mol. The van der Waals surface area contributed by atoms with Gasteiger partial charge in [-0.3, -0.25) is 9.59 Å². The van der Waals surface area contributed by atoms with Crippen LogP contribution in [0.15, 0.2) is 36.4 Å². The molecule has 122 valence electrons. The molecule has 2 bridgehead atoms. The van der Waals surface area contributed by atoms with Gasteiger partial charge in [-0.25, -0.2) is 0 Å². The first-order valence-electron chi connectivity index (χ1n) is 8.33. The van der Waals surface area contributed by atoms with E-state index < -0.39 is 17.8 Å². The Labute approximate surface area is 136 Å². The van der Waals surface area contributed by atoms with Crippen LogP contribution in [0.25, 0.3) is 0 Å². The molecule has 1 aromatic rings. The molecule has 0 saturated heterocycles. The van der Waals surface area contributed by atoms with Crippen molar-refractivity contribution in [2.24, 2.45) is 23.7 Å². The number of fused-ring (bicyclic) bond motifs is 2. The van der Waals surface area contributed by atoms with Crippen LogP contribution in [0.3, 0.4) is 0 Å². The fourth-order valence-electron chi connectivity index (χ4n) is 3.99. The third-order valence-electron chi connectivity index (χ3n) is 5.41. The van der Waals surface area contributed by atoms with E-state index in [4.69, 9.17) is 0 Å². The molecule has 1 aromatic carbocycles. The van der Waals surface area contributed by atoms with E-state index in [1.165, 1.54) is 0 Å². The molecule has 2 aliphatic carbocycles. The number of para-hydroxylation sites is 1. The topological polar surface area (TPSA) is 66.4 Å². The van der Waals surface area contributed by atoms with Gasteiger partial charge in [-0.15, -0.1) is 0 Å². The molecule has 23 heavy (non-hydrogen) atoms. The van der Waals surface area contributed by atoms with Crippen molar-refractivity contribution in [2.45, 2.75) is 32.6 Å². The Morgan fingerprint density at radius 3 is 2.52 bits per heavy atom. The molecule has 2 N–H and O–H groups in total. The molecule has 1 fully saturated rings. The zero-order valence-electron chi connectivity index (χ0n) is 13.5. The number of rotatable bonds is 5. The van der Waals surface area contributed by atoms with E-state index in [0.717, 1.165) is 24.1 Å². The maximum atomic E-state index is 12.8. The van der Waals surface area contributed by atoms with Crippen LogP contribution < -0.4 is 5.32 Å². The summed E-state index contributed by atoms with van der Waals surface area (Å²) in [5.41, 5.74) is 1.91. The number of benzene rings is 1. The summed E-state index contributed by atoms with van der Waals surface area (Å²) >= 11 is 0. The highest BCUT2D eigenvalue weighted by atomic mass is 16.4. The number of carboxylic acids is 1. The summed E-state index contributed by atoms with van der Waals surface area (Å²) in [6, 6.07) is 7.80. The first-order valence-corrected chi connectivity index (χ1v) is 8.33. The number of carbonyl (C=O) groups is 2. The Morgan fingerprint density at radius 1 is 1.22 bits per heavy atom. The van der Waals surface area contributed by atoms with Crippen molar-refractivity contribution in [1.82, 2.24) is 0 Å². The van der Waals surface area contributed by atoms with Gasteiger partial charge in [0.25, 0.3) is 0 Å². The van der Waals surface area contributed by atoms with Gasteiger partial charge in [-0.05, 0) is 42.2 Å². The highest BCUT2D eigenvalue weighted by molar-refractivity contribution is 5.97. The Balaban J connectivity index is 1.83. The van der Waals surface area contributed by atoms with Crippen molar-refractivity contribution in [3.8, 4) is 0 Å². The molecule has 3 rings (SSSR count). The highest BCUT2D eigenvalue weighted by Crippen LogP contribution is 2.48. The fourth-order valence-corrected chi connectivity index (χ4v) is 3.99. The summed E-state index contributed by atoms with van der Waals surface area (Å²) in [5.74, 6) is -1.69. The average molecular weight is 313 g/mol. The summed E-state index contributed by atoms with van der Waals surface area (Å²) in [5, 5.41) is 12.5. The molecule has 1 amide bonds. The molecule has 0 unspecified atom stereocenters. The summed E-state index contributed by atoms with van der Waals surface area (Å²) in [6.45, 7) is 4.25. The van der Waals surface area contributed by atoms with E-state index in [1.54, 1.807) is 0 Å². The number of anilines is 1. The van der Waals surface area contributed by atoms with Gasteiger partial charge in [-0.1, -0.05) is 44.2 Å². The van der Waals surface area contributed by atoms with Gasteiger partial charge < -0.3 is 10.4 Å². The van der Waals surface area contributed by atoms with Gasteiger partial charge in [0.05, 0.1) is 11.8 Å². The number of amides is 1. The van der Waals surface area contributed by atoms with E-state index in [1.807, 2.05) is 36.4 Å². The smallest absolute Gasteiger partial charge is 0.307 e. The van der Waals surface area contributed by atoms with Gasteiger partial charge in [0.1, 0.15) is 0 Å². The van der Waals surface area contributed by atoms with Crippen molar-refractivity contribution >= 4 is 17.6 Å². The first kappa shape index (κ1) is 15.8. The molecule has 1 saturated carbocycles. The number of nitrogens with one attached hydrogen (secondary N) is 1. The van der Waals surface area contributed by atoms with Crippen LogP contribution in [0.5, 0.6) is 0 Å². The van der Waals surface area contributed by atoms with Crippen LogP contribution >= 0.6 is 0 Å². The second kappa shape index (κ2) is 6.19. The van der Waals surface area contributed by atoms with Gasteiger partial charge in [0, 0.05) is 5.69 Å².